The maximum atomic E-state index is 12.5. The van der Waals surface area contributed by atoms with Gasteiger partial charge in [0.2, 0.25) is 5.91 Å². The summed E-state index contributed by atoms with van der Waals surface area (Å²) in [6, 6.07) is 9.16. The van der Waals surface area contributed by atoms with Gasteiger partial charge < -0.3 is 0 Å². The Morgan fingerprint density at radius 2 is 1.55 bits per heavy atom. The molecule has 0 saturated heterocycles. The number of hydrogen-bond acceptors (Lipinski definition) is 4. The Bertz CT molecular complexity index is 862. The quantitative estimate of drug-likeness (QED) is 0.229. The predicted octanol–water partition coefficient (Wildman–Crippen LogP) is 6.96. The molecule has 5 nitrogen and oxygen atoms in total. The van der Waals surface area contributed by atoms with Gasteiger partial charge in [-0.25, -0.2) is 4.79 Å². The lowest BCUT2D eigenvalue weighted by Gasteiger charge is -2.04. The van der Waals surface area contributed by atoms with Crippen LogP contribution in [0.1, 0.15) is 88.8 Å². The van der Waals surface area contributed by atoms with E-state index in [0.29, 0.717) is 12.0 Å². The van der Waals surface area contributed by atoms with Gasteiger partial charge in [-0.05, 0) is 38.5 Å². The number of carbonyl (C=O) groups is 1. The van der Waals surface area contributed by atoms with Crippen LogP contribution in [-0.2, 0) is 0 Å². The lowest BCUT2D eigenvalue weighted by Crippen LogP contribution is -2.23. The van der Waals surface area contributed by atoms with Crippen LogP contribution in [0.15, 0.2) is 64.0 Å². The highest BCUT2D eigenvalue weighted by molar-refractivity contribution is 5.82. The molecule has 0 aliphatic heterocycles. The first kappa shape index (κ1) is 24.6. The molecular formula is C26H36N2O3. The van der Waals surface area contributed by atoms with Gasteiger partial charge in [0, 0.05) is 12.0 Å². The number of nitrogens with zero attached hydrogens (tertiary/aromatic N) is 2. The summed E-state index contributed by atoms with van der Waals surface area (Å²) < 4.78 is 5.78. The molecule has 0 N–H and O–H groups in total. The summed E-state index contributed by atoms with van der Waals surface area (Å²) in [5, 5.41) is 3.77. The summed E-state index contributed by atoms with van der Waals surface area (Å²) in [5.74, 6) is -0.694. The second-order valence-corrected chi connectivity index (χ2v) is 7.85. The zero-order valence-electron chi connectivity index (χ0n) is 18.8. The number of carbonyl (C=O) groups excluding carboxylic acids is 1. The molecule has 0 radical (unpaired) electrons. The van der Waals surface area contributed by atoms with Crippen LogP contribution in [0.2, 0.25) is 0 Å². The van der Waals surface area contributed by atoms with Crippen molar-refractivity contribution in [3.63, 3.8) is 0 Å². The summed E-state index contributed by atoms with van der Waals surface area (Å²) in [6.07, 6.45) is 21.8. The minimum absolute atomic E-state index is 0.254. The van der Waals surface area contributed by atoms with E-state index in [1.54, 1.807) is 12.1 Å². The van der Waals surface area contributed by atoms with Crippen LogP contribution < -0.4 is 5.76 Å². The van der Waals surface area contributed by atoms with E-state index < -0.39 is 5.76 Å². The van der Waals surface area contributed by atoms with Crippen LogP contribution in [0.4, 0.5) is 0 Å². The van der Waals surface area contributed by atoms with Crippen molar-refractivity contribution in [1.82, 2.24) is 9.72 Å². The van der Waals surface area contributed by atoms with E-state index in [0.717, 1.165) is 43.1 Å². The molecular weight excluding hydrogens is 388 g/mol. The first-order valence-electron chi connectivity index (χ1n) is 11.7. The third kappa shape index (κ3) is 9.33. The fourth-order valence-electron chi connectivity index (χ4n) is 3.44. The third-order valence-corrected chi connectivity index (χ3v) is 5.23. The fourth-order valence-corrected chi connectivity index (χ4v) is 3.44. The van der Waals surface area contributed by atoms with Crippen LogP contribution in [0.3, 0.4) is 0 Å². The van der Waals surface area contributed by atoms with Gasteiger partial charge in [0.1, 0.15) is 0 Å². The minimum Gasteiger partial charge on any atom is -0.295 e. The number of unbranched alkanes of at least 4 members (excludes halogenated alkanes) is 8. The van der Waals surface area contributed by atoms with E-state index in [-0.39, 0.29) is 11.7 Å². The number of rotatable bonds is 15. The van der Waals surface area contributed by atoms with E-state index in [9.17, 15) is 9.59 Å². The van der Waals surface area contributed by atoms with Crippen molar-refractivity contribution in [2.75, 3.05) is 0 Å². The van der Waals surface area contributed by atoms with E-state index in [4.69, 9.17) is 4.52 Å². The van der Waals surface area contributed by atoms with Gasteiger partial charge in [-0.2, -0.15) is 4.57 Å². The SMILES string of the molecule is CCCCCC=CCC=CCCCCCCCC(=O)n1c(-c2ccccc2)noc1=O. The first-order chi connectivity index (χ1) is 15.2. The molecule has 2 rings (SSSR count). The van der Waals surface area contributed by atoms with Crippen molar-refractivity contribution in [2.45, 2.75) is 84.0 Å². The van der Waals surface area contributed by atoms with Gasteiger partial charge in [0.25, 0.3) is 0 Å². The van der Waals surface area contributed by atoms with Crippen LogP contribution in [0, 0.1) is 0 Å². The number of hydrogen-bond donors (Lipinski definition) is 0. The monoisotopic (exact) mass is 424 g/mol. The fraction of sp³-hybridized carbons (Fsp3) is 0.500. The minimum atomic E-state index is -0.716. The average molecular weight is 425 g/mol. The average Bonchev–Trinajstić information content (AvgIpc) is 3.18. The van der Waals surface area contributed by atoms with Gasteiger partial charge in [0.15, 0.2) is 5.82 Å². The zero-order valence-corrected chi connectivity index (χ0v) is 18.8. The van der Waals surface area contributed by atoms with Crippen LogP contribution >= 0.6 is 0 Å². The number of benzene rings is 1. The number of aromatic nitrogens is 2. The molecule has 0 aliphatic carbocycles. The van der Waals surface area contributed by atoms with Crippen molar-refractivity contribution in [3.8, 4) is 11.4 Å². The van der Waals surface area contributed by atoms with Crippen LogP contribution in [0.5, 0.6) is 0 Å². The van der Waals surface area contributed by atoms with Crippen molar-refractivity contribution in [2.24, 2.45) is 0 Å². The molecule has 5 heteroatoms. The van der Waals surface area contributed by atoms with E-state index in [1.807, 2.05) is 18.2 Å². The second-order valence-electron chi connectivity index (χ2n) is 7.85. The highest BCUT2D eigenvalue weighted by Crippen LogP contribution is 2.16. The summed E-state index contributed by atoms with van der Waals surface area (Å²) in [4.78, 5) is 24.4. The topological polar surface area (TPSA) is 65.1 Å². The lowest BCUT2D eigenvalue weighted by atomic mass is 10.1. The smallest absolute Gasteiger partial charge is 0.295 e. The van der Waals surface area contributed by atoms with Gasteiger partial charge in [0.05, 0.1) is 0 Å². The number of allylic oxidation sites excluding steroid dienone is 4. The predicted molar refractivity (Wildman–Crippen MR) is 126 cm³/mol. The third-order valence-electron chi connectivity index (χ3n) is 5.23. The van der Waals surface area contributed by atoms with Crippen molar-refractivity contribution >= 4 is 5.91 Å². The Kier molecular flexibility index (Phi) is 12.0. The van der Waals surface area contributed by atoms with Crippen LogP contribution in [-0.4, -0.2) is 15.6 Å². The Hall–Kier alpha value is -2.69. The van der Waals surface area contributed by atoms with Gasteiger partial charge in [-0.15, -0.1) is 0 Å². The second kappa shape index (κ2) is 15.2. The zero-order chi connectivity index (χ0) is 22.2. The van der Waals surface area contributed by atoms with Gasteiger partial charge >= 0.3 is 5.76 Å². The highest BCUT2D eigenvalue weighted by atomic mass is 16.5. The Balaban J connectivity index is 1.57. The molecule has 0 fully saturated rings. The molecule has 1 aromatic heterocycles. The lowest BCUT2D eigenvalue weighted by molar-refractivity contribution is 0.0892. The summed E-state index contributed by atoms with van der Waals surface area (Å²) >= 11 is 0. The van der Waals surface area contributed by atoms with Gasteiger partial charge in [-0.1, -0.05) is 98.8 Å². The molecule has 0 spiro atoms. The Morgan fingerprint density at radius 3 is 2.26 bits per heavy atom. The van der Waals surface area contributed by atoms with E-state index >= 15 is 0 Å². The Labute approximate surface area is 185 Å². The van der Waals surface area contributed by atoms with E-state index in [1.165, 1.54) is 32.1 Å². The standard InChI is InChI=1S/C26H36N2O3/c1-2-3-4-5-6-7-8-9-10-11-12-13-14-15-19-22-24(29)28-25(27-31-26(28)30)23-20-17-16-18-21-23/h6-7,9-10,16-18,20-21H,2-5,8,11-15,19,22H2,1H3. The molecule has 1 aromatic carbocycles. The molecule has 0 atom stereocenters. The van der Waals surface area contributed by atoms with Crippen molar-refractivity contribution < 1.29 is 9.32 Å². The molecule has 168 valence electrons. The highest BCUT2D eigenvalue weighted by Gasteiger charge is 2.18. The molecule has 2 aromatic rings. The molecule has 0 aliphatic rings. The first-order valence-corrected chi connectivity index (χ1v) is 11.7. The summed E-state index contributed by atoms with van der Waals surface area (Å²) in [6.45, 7) is 2.23. The molecule has 0 saturated carbocycles. The summed E-state index contributed by atoms with van der Waals surface area (Å²) in [5.41, 5.74) is 0.696. The molecule has 0 amide bonds. The van der Waals surface area contributed by atoms with Crippen molar-refractivity contribution in [1.29, 1.82) is 0 Å². The van der Waals surface area contributed by atoms with Crippen LogP contribution in [0.25, 0.3) is 11.4 Å². The van der Waals surface area contributed by atoms with E-state index in [2.05, 4.69) is 36.4 Å². The molecule has 0 bridgehead atoms. The summed E-state index contributed by atoms with van der Waals surface area (Å²) in [7, 11) is 0. The van der Waals surface area contributed by atoms with Crippen molar-refractivity contribution in [3.05, 3.63) is 65.2 Å². The Morgan fingerprint density at radius 1 is 0.903 bits per heavy atom. The maximum absolute atomic E-state index is 12.5. The molecule has 31 heavy (non-hydrogen) atoms. The largest absolute Gasteiger partial charge is 0.448 e. The molecule has 1 heterocycles. The van der Waals surface area contributed by atoms with Gasteiger partial charge in [-0.3, -0.25) is 9.32 Å². The maximum Gasteiger partial charge on any atom is 0.448 e. The molecule has 0 unspecified atom stereocenters. The normalized spacial score (nSPS) is 11.6.